The minimum absolute atomic E-state index is 0.313. The van der Waals surface area contributed by atoms with E-state index in [9.17, 15) is 19.0 Å². The third-order valence-electron chi connectivity index (χ3n) is 2.40. The van der Waals surface area contributed by atoms with Crippen molar-refractivity contribution in [3.8, 4) is 11.5 Å². The van der Waals surface area contributed by atoms with Crippen LogP contribution in [0.5, 0.6) is 11.5 Å². The van der Waals surface area contributed by atoms with Crippen molar-refractivity contribution in [3.05, 3.63) is 35.9 Å². The SMILES string of the molecule is Nc1c(O)cc(Sc2cc(O)c(N)c(F)c2)cc1F. The standard InChI is InChI=1S/C12H10F2N2O2S/c13-7-1-5(3-9(17)11(7)15)19-6-2-8(14)12(16)10(18)4-6/h1-4,17-18H,15-16H2. The molecule has 0 radical (unpaired) electrons. The summed E-state index contributed by atoms with van der Waals surface area (Å²) >= 11 is 0.951. The van der Waals surface area contributed by atoms with Gasteiger partial charge in [-0.1, -0.05) is 11.8 Å². The summed E-state index contributed by atoms with van der Waals surface area (Å²) in [6.07, 6.45) is 0. The van der Waals surface area contributed by atoms with Crippen LogP contribution < -0.4 is 11.5 Å². The van der Waals surface area contributed by atoms with E-state index < -0.39 is 23.1 Å². The molecule has 0 aliphatic rings. The molecule has 100 valence electrons. The Morgan fingerprint density at radius 2 is 1.16 bits per heavy atom. The van der Waals surface area contributed by atoms with Gasteiger partial charge in [-0.3, -0.25) is 0 Å². The number of anilines is 2. The van der Waals surface area contributed by atoms with Gasteiger partial charge in [0, 0.05) is 9.79 Å². The number of hydrogen-bond donors (Lipinski definition) is 4. The Kier molecular flexibility index (Phi) is 3.39. The van der Waals surface area contributed by atoms with Crippen LogP contribution in [0.25, 0.3) is 0 Å². The van der Waals surface area contributed by atoms with E-state index in [0.717, 1.165) is 23.9 Å². The zero-order chi connectivity index (χ0) is 14.2. The number of nitrogen functional groups attached to an aromatic ring is 2. The average molecular weight is 284 g/mol. The van der Waals surface area contributed by atoms with Gasteiger partial charge in [0.25, 0.3) is 0 Å². The maximum Gasteiger partial charge on any atom is 0.151 e. The Labute approximate surface area is 111 Å². The molecule has 0 fully saturated rings. The van der Waals surface area contributed by atoms with Crippen molar-refractivity contribution in [2.24, 2.45) is 0 Å². The zero-order valence-electron chi connectivity index (χ0n) is 9.52. The van der Waals surface area contributed by atoms with Crippen LogP contribution in [-0.4, -0.2) is 10.2 Å². The first kappa shape index (κ1) is 13.3. The van der Waals surface area contributed by atoms with E-state index in [1.165, 1.54) is 12.1 Å². The van der Waals surface area contributed by atoms with E-state index >= 15 is 0 Å². The predicted octanol–water partition coefficient (Wildman–Crippen LogP) is 2.69. The molecule has 6 N–H and O–H groups in total. The summed E-state index contributed by atoms with van der Waals surface area (Å²) < 4.78 is 26.6. The Bertz CT molecular complexity index is 548. The molecule has 0 aromatic heterocycles. The van der Waals surface area contributed by atoms with Crippen LogP contribution >= 0.6 is 11.8 Å². The predicted molar refractivity (Wildman–Crippen MR) is 69.1 cm³/mol. The van der Waals surface area contributed by atoms with Crippen LogP contribution in [0.1, 0.15) is 0 Å². The van der Waals surface area contributed by atoms with E-state index in [4.69, 9.17) is 11.5 Å². The van der Waals surface area contributed by atoms with E-state index in [2.05, 4.69) is 0 Å². The molecule has 0 saturated heterocycles. The van der Waals surface area contributed by atoms with Gasteiger partial charge in [-0.05, 0) is 24.3 Å². The Hall–Kier alpha value is -2.15. The lowest BCUT2D eigenvalue weighted by molar-refractivity contribution is 0.470. The first-order chi connectivity index (χ1) is 8.88. The molecular weight excluding hydrogens is 274 g/mol. The number of phenols is 2. The highest BCUT2D eigenvalue weighted by Crippen LogP contribution is 2.37. The van der Waals surface area contributed by atoms with E-state index in [-0.39, 0.29) is 11.4 Å². The van der Waals surface area contributed by atoms with Crippen LogP contribution in [0.2, 0.25) is 0 Å². The Balaban J connectivity index is 2.36. The minimum Gasteiger partial charge on any atom is -0.506 e. The fourth-order valence-corrected chi connectivity index (χ4v) is 2.35. The van der Waals surface area contributed by atoms with Gasteiger partial charge in [0.2, 0.25) is 0 Å². The molecule has 0 heterocycles. The summed E-state index contributed by atoms with van der Waals surface area (Å²) in [4.78, 5) is 0.626. The number of halogens is 2. The van der Waals surface area contributed by atoms with Crippen molar-refractivity contribution in [3.63, 3.8) is 0 Å². The van der Waals surface area contributed by atoms with Crippen molar-refractivity contribution in [2.75, 3.05) is 11.5 Å². The molecule has 0 spiro atoms. The quantitative estimate of drug-likeness (QED) is 0.502. The molecule has 2 rings (SSSR count). The average Bonchev–Trinajstić information content (AvgIpc) is 2.33. The van der Waals surface area contributed by atoms with Gasteiger partial charge in [-0.25, -0.2) is 8.78 Å². The highest BCUT2D eigenvalue weighted by atomic mass is 32.2. The Morgan fingerprint density at radius 3 is 1.47 bits per heavy atom. The number of aromatic hydroxyl groups is 2. The van der Waals surface area contributed by atoms with Gasteiger partial charge in [-0.15, -0.1) is 0 Å². The van der Waals surface area contributed by atoms with Crippen LogP contribution in [0.3, 0.4) is 0 Å². The van der Waals surface area contributed by atoms with Gasteiger partial charge in [-0.2, -0.15) is 0 Å². The van der Waals surface area contributed by atoms with Crippen molar-refractivity contribution in [1.82, 2.24) is 0 Å². The molecule has 7 heteroatoms. The van der Waals surface area contributed by atoms with E-state index in [1.807, 2.05) is 0 Å². The second kappa shape index (κ2) is 4.85. The first-order valence-electron chi connectivity index (χ1n) is 5.12. The fourth-order valence-electron chi connectivity index (χ4n) is 1.41. The summed E-state index contributed by atoms with van der Waals surface area (Å²) in [7, 11) is 0. The molecule has 0 aliphatic carbocycles. The molecule has 0 aliphatic heterocycles. The highest BCUT2D eigenvalue weighted by Gasteiger charge is 2.11. The zero-order valence-corrected chi connectivity index (χ0v) is 10.3. The van der Waals surface area contributed by atoms with Crippen LogP contribution in [-0.2, 0) is 0 Å². The number of phenolic OH excluding ortho intramolecular Hbond substituents is 2. The molecule has 0 bridgehead atoms. The van der Waals surface area contributed by atoms with Crippen molar-refractivity contribution in [2.45, 2.75) is 9.79 Å². The molecule has 0 unspecified atom stereocenters. The second-order valence-electron chi connectivity index (χ2n) is 3.78. The Morgan fingerprint density at radius 1 is 0.789 bits per heavy atom. The third-order valence-corrected chi connectivity index (χ3v) is 3.34. The molecule has 2 aromatic carbocycles. The summed E-state index contributed by atoms with van der Waals surface area (Å²) in [5.74, 6) is -2.35. The lowest BCUT2D eigenvalue weighted by atomic mass is 10.3. The fraction of sp³-hybridized carbons (Fsp3) is 0. The normalized spacial score (nSPS) is 10.6. The van der Waals surface area contributed by atoms with E-state index in [0.29, 0.717) is 9.79 Å². The largest absolute Gasteiger partial charge is 0.506 e. The van der Waals surface area contributed by atoms with Crippen molar-refractivity contribution < 1.29 is 19.0 Å². The maximum absolute atomic E-state index is 13.3. The van der Waals surface area contributed by atoms with Gasteiger partial charge < -0.3 is 21.7 Å². The number of rotatable bonds is 2. The van der Waals surface area contributed by atoms with Crippen molar-refractivity contribution >= 4 is 23.1 Å². The van der Waals surface area contributed by atoms with Gasteiger partial charge in [0.1, 0.15) is 22.9 Å². The second-order valence-corrected chi connectivity index (χ2v) is 4.92. The molecule has 0 saturated carbocycles. The molecule has 0 atom stereocenters. The number of nitrogens with two attached hydrogens (primary N) is 2. The van der Waals surface area contributed by atoms with Gasteiger partial charge in [0.05, 0.1) is 0 Å². The molecule has 4 nitrogen and oxygen atoms in total. The summed E-state index contributed by atoms with van der Waals surface area (Å²) in [5, 5.41) is 18.8. The smallest absolute Gasteiger partial charge is 0.151 e. The number of hydrogen-bond acceptors (Lipinski definition) is 5. The lowest BCUT2D eigenvalue weighted by Crippen LogP contribution is -1.93. The van der Waals surface area contributed by atoms with Crippen molar-refractivity contribution in [1.29, 1.82) is 0 Å². The van der Waals surface area contributed by atoms with Crippen LogP contribution in [0.4, 0.5) is 20.2 Å². The van der Waals surface area contributed by atoms with Gasteiger partial charge in [0.15, 0.2) is 11.6 Å². The lowest BCUT2D eigenvalue weighted by Gasteiger charge is -2.07. The van der Waals surface area contributed by atoms with Gasteiger partial charge >= 0.3 is 0 Å². The maximum atomic E-state index is 13.3. The van der Waals surface area contributed by atoms with Crippen LogP contribution in [0.15, 0.2) is 34.1 Å². The summed E-state index contributed by atoms with van der Waals surface area (Å²) in [5.41, 5.74) is 9.82. The minimum atomic E-state index is -0.775. The van der Waals surface area contributed by atoms with Crippen LogP contribution in [0, 0.1) is 11.6 Å². The first-order valence-corrected chi connectivity index (χ1v) is 5.94. The van der Waals surface area contributed by atoms with E-state index in [1.54, 1.807) is 0 Å². The number of benzene rings is 2. The monoisotopic (exact) mass is 284 g/mol. The topological polar surface area (TPSA) is 92.5 Å². The molecule has 2 aromatic rings. The molecule has 19 heavy (non-hydrogen) atoms. The molecule has 0 amide bonds. The third kappa shape index (κ3) is 2.65. The summed E-state index contributed by atoms with van der Waals surface area (Å²) in [6.45, 7) is 0. The summed E-state index contributed by atoms with van der Waals surface area (Å²) in [6, 6.07) is 4.69. The molecular formula is C12H10F2N2O2S. The highest BCUT2D eigenvalue weighted by molar-refractivity contribution is 7.99.